The molecule has 2 amide bonds. The van der Waals surface area contributed by atoms with Crippen LogP contribution in [0.4, 0.5) is 11.6 Å². The summed E-state index contributed by atoms with van der Waals surface area (Å²) < 4.78 is 1.62. The SMILES string of the molecule is C[C@@H](C(=O)NCCCC#Cc1cnc(Nc2ccc(C#N)cc2)nc1-n1cccn1)N(C)C(=O)C=CCN(C)C. The monoisotopic (exact) mass is 539 g/mol. The predicted molar refractivity (Wildman–Crippen MR) is 153 cm³/mol. The number of hydrogen-bond donors (Lipinski definition) is 2. The number of hydrogen-bond acceptors (Lipinski definition) is 8. The third kappa shape index (κ3) is 8.79. The van der Waals surface area contributed by atoms with E-state index in [1.54, 1.807) is 73.7 Å². The minimum absolute atomic E-state index is 0.218. The van der Waals surface area contributed by atoms with Crippen molar-refractivity contribution in [1.82, 2.24) is 34.9 Å². The molecule has 0 aliphatic heterocycles. The van der Waals surface area contributed by atoms with Crippen LogP contribution >= 0.6 is 0 Å². The quantitative estimate of drug-likeness (QED) is 0.216. The summed E-state index contributed by atoms with van der Waals surface area (Å²) in [7, 11) is 5.45. The van der Waals surface area contributed by atoms with Crippen LogP contribution in [0, 0.1) is 23.2 Å². The lowest BCUT2D eigenvalue weighted by molar-refractivity contribution is -0.135. The van der Waals surface area contributed by atoms with E-state index in [2.05, 4.69) is 43.6 Å². The molecule has 0 saturated heterocycles. The molecular formula is C29H33N9O2. The van der Waals surface area contributed by atoms with Crippen molar-refractivity contribution in [3.8, 4) is 23.7 Å². The summed E-state index contributed by atoms with van der Waals surface area (Å²) in [5, 5.41) is 19.2. The van der Waals surface area contributed by atoms with Crippen LogP contribution in [0.25, 0.3) is 5.82 Å². The highest BCUT2D eigenvalue weighted by molar-refractivity contribution is 5.92. The van der Waals surface area contributed by atoms with Crippen LogP contribution in [0.1, 0.15) is 30.9 Å². The largest absolute Gasteiger partial charge is 0.354 e. The summed E-state index contributed by atoms with van der Waals surface area (Å²) in [6.45, 7) is 2.78. The highest BCUT2D eigenvalue weighted by Gasteiger charge is 2.20. The number of amides is 2. The minimum Gasteiger partial charge on any atom is -0.354 e. The van der Waals surface area contributed by atoms with Gasteiger partial charge in [0.1, 0.15) is 6.04 Å². The third-order valence-corrected chi connectivity index (χ3v) is 5.80. The van der Waals surface area contributed by atoms with E-state index in [-0.39, 0.29) is 11.8 Å². The maximum Gasteiger partial charge on any atom is 0.246 e. The summed E-state index contributed by atoms with van der Waals surface area (Å²) in [6.07, 6.45) is 9.49. The van der Waals surface area contributed by atoms with Crippen molar-refractivity contribution in [2.75, 3.05) is 39.5 Å². The number of unbranched alkanes of at least 4 members (excludes halogenated alkanes) is 1. The number of nitriles is 1. The number of aromatic nitrogens is 4. The molecule has 0 fully saturated rings. The molecule has 1 aromatic carbocycles. The van der Waals surface area contributed by atoms with E-state index in [4.69, 9.17) is 5.26 Å². The topological polar surface area (TPSA) is 132 Å². The van der Waals surface area contributed by atoms with Crippen LogP contribution in [-0.2, 0) is 9.59 Å². The summed E-state index contributed by atoms with van der Waals surface area (Å²) in [4.78, 5) is 37.1. The van der Waals surface area contributed by atoms with Crippen LogP contribution in [-0.4, -0.2) is 81.6 Å². The number of carbonyl (C=O) groups is 2. The first-order valence-corrected chi connectivity index (χ1v) is 12.8. The minimum atomic E-state index is -0.590. The molecule has 0 aliphatic carbocycles. The molecule has 0 radical (unpaired) electrons. The number of nitrogens with zero attached hydrogens (tertiary/aromatic N) is 7. The number of rotatable bonds is 11. The van der Waals surface area contributed by atoms with E-state index < -0.39 is 6.04 Å². The van der Waals surface area contributed by atoms with Crippen molar-refractivity contribution in [1.29, 1.82) is 5.26 Å². The van der Waals surface area contributed by atoms with Gasteiger partial charge in [-0.25, -0.2) is 9.67 Å². The number of nitrogens with one attached hydrogen (secondary N) is 2. The number of benzene rings is 1. The second-order valence-corrected chi connectivity index (χ2v) is 9.18. The Morgan fingerprint density at radius 3 is 2.65 bits per heavy atom. The van der Waals surface area contributed by atoms with Gasteiger partial charge in [-0.3, -0.25) is 9.59 Å². The Labute approximate surface area is 234 Å². The fraction of sp³-hybridized carbons (Fsp3) is 0.310. The predicted octanol–water partition coefficient (Wildman–Crippen LogP) is 2.49. The van der Waals surface area contributed by atoms with Crippen molar-refractivity contribution >= 4 is 23.5 Å². The summed E-state index contributed by atoms with van der Waals surface area (Å²) in [5.41, 5.74) is 1.92. The maximum atomic E-state index is 12.5. The van der Waals surface area contributed by atoms with E-state index >= 15 is 0 Å². The van der Waals surface area contributed by atoms with Gasteiger partial charge in [-0.05, 0) is 57.8 Å². The second kappa shape index (κ2) is 14.8. The first-order chi connectivity index (χ1) is 19.3. The lowest BCUT2D eigenvalue weighted by Crippen LogP contribution is -2.45. The molecule has 0 bridgehead atoms. The van der Waals surface area contributed by atoms with Crippen LogP contribution in [0.15, 0.2) is 61.1 Å². The van der Waals surface area contributed by atoms with Gasteiger partial charge in [0.05, 0.1) is 23.4 Å². The number of likely N-dealkylation sites (N-methyl/N-ethyl adjacent to an activating group) is 2. The smallest absolute Gasteiger partial charge is 0.246 e. The summed E-state index contributed by atoms with van der Waals surface area (Å²) >= 11 is 0. The molecule has 11 nitrogen and oxygen atoms in total. The molecular weight excluding hydrogens is 506 g/mol. The third-order valence-electron chi connectivity index (χ3n) is 5.80. The molecule has 0 unspecified atom stereocenters. The molecule has 1 atom stereocenters. The van der Waals surface area contributed by atoms with Gasteiger partial charge >= 0.3 is 0 Å². The molecule has 0 saturated carbocycles. The van der Waals surface area contributed by atoms with Gasteiger partial charge in [0, 0.05) is 50.7 Å². The van der Waals surface area contributed by atoms with E-state index in [0.29, 0.717) is 48.8 Å². The van der Waals surface area contributed by atoms with Crippen LogP contribution in [0.5, 0.6) is 0 Å². The van der Waals surface area contributed by atoms with Crippen LogP contribution in [0.2, 0.25) is 0 Å². The Hall–Kier alpha value is -5.00. The lowest BCUT2D eigenvalue weighted by atomic mass is 10.2. The highest BCUT2D eigenvalue weighted by atomic mass is 16.2. The molecule has 0 aliphatic rings. The summed E-state index contributed by atoms with van der Waals surface area (Å²) in [5.74, 6) is 6.67. The van der Waals surface area contributed by atoms with Gasteiger partial charge in [-0.15, -0.1) is 0 Å². The average molecular weight is 540 g/mol. The number of anilines is 2. The molecule has 3 rings (SSSR count). The molecule has 206 valence electrons. The zero-order valence-corrected chi connectivity index (χ0v) is 23.1. The van der Waals surface area contributed by atoms with Crippen LogP contribution in [0.3, 0.4) is 0 Å². The van der Waals surface area contributed by atoms with Gasteiger partial charge < -0.3 is 20.4 Å². The summed E-state index contributed by atoms with van der Waals surface area (Å²) in [6, 6.07) is 10.3. The Bertz CT molecular complexity index is 1410. The molecule has 0 spiro atoms. The Morgan fingerprint density at radius 2 is 1.98 bits per heavy atom. The molecule has 11 heteroatoms. The fourth-order valence-corrected chi connectivity index (χ4v) is 3.39. The van der Waals surface area contributed by atoms with Crippen molar-refractivity contribution in [2.24, 2.45) is 0 Å². The van der Waals surface area contributed by atoms with E-state index in [1.165, 1.54) is 11.0 Å². The molecule has 2 aromatic heterocycles. The van der Waals surface area contributed by atoms with Crippen LogP contribution < -0.4 is 10.6 Å². The molecule has 2 heterocycles. The van der Waals surface area contributed by atoms with Crippen molar-refractivity contribution in [3.63, 3.8) is 0 Å². The van der Waals surface area contributed by atoms with Gasteiger partial charge in [-0.1, -0.05) is 17.9 Å². The highest BCUT2D eigenvalue weighted by Crippen LogP contribution is 2.17. The first-order valence-electron chi connectivity index (χ1n) is 12.8. The zero-order chi connectivity index (χ0) is 28.9. The maximum absolute atomic E-state index is 12.5. The van der Waals surface area contributed by atoms with E-state index in [9.17, 15) is 9.59 Å². The van der Waals surface area contributed by atoms with Crippen molar-refractivity contribution < 1.29 is 9.59 Å². The number of carbonyl (C=O) groups excluding carboxylic acids is 2. The van der Waals surface area contributed by atoms with Gasteiger partial charge in [0.2, 0.25) is 17.8 Å². The Kier molecular flexibility index (Phi) is 10.9. The van der Waals surface area contributed by atoms with E-state index in [0.717, 1.165) is 5.69 Å². The Balaban J connectivity index is 1.55. The van der Waals surface area contributed by atoms with E-state index in [1.807, 2.05) is 19.0 Å². The zero-order valence-electron chi connectivity index (χ0n) is 23.1. The standard InChI is InChI=1S/C29H33N9O2/c1-22(37(4)26(39)11-8-18-36(2)3)28(40)31-16-7-5-6-10-24-21-32-29(35-27(24)38-19-9-17-33-38)34-25-14-12-23(20-30)13-15-25/h8-9,11-15,17,19,21-22H,5,7,16,18H2,1-4H3,(H,31,40)(H,32,34,35)/t22-/m0/s1. The Morgan fingerprint density at radius 1 is 1.20 bits per heavy atom. The lowest BCUT2D eigenvalue weighted by Gasteiger charge is -2.23. The molecule has 3 aromatic rings. The van der Waals surface area contributed by atoms with Crippen molar-refractivity contribution in [2.45, 2.75) is 25.8 Å². The van der Waals surface area contributed by atoms with Crippen molar-refractivity contribution in [3.05, 3.63) is 72.2 Å². The molecule has 2 N–H and O–H groups in total. The van der Waals surface area contributed by atoms with Gasteiger partial charge in [0.15, 0.2) is 5.82 Å². The van der Waals surface area contributed by atoms with Gasteiger partial charge in [0.25, 0.3) is 0 Å². The molecule has 40 heavy (non-hydrogen) atoms. The first kappa shape index (κ1) is 29.6. The normalized spacial score (nSPS) is 11.4. The second-order valence-electron chi connectivity index (χ2n) is 9.18. The average Bonchev–Trinajstić information content (AvgIpc) is 3.49. The van der Waals surface area contributed by atoms with Gasteiger partial charge in [-0.2, -0.15) is 15.3 Å². The fourth-order valence-electron chi connectivity index (χ4n) is 3.39.